The van der Waals surface area contributed by atoms with Crippen molar-refractivity contribution < 1.29 is 19.5 Å². The molecule has 0 aliphatic heterocycles. The molecule has 20 heavy (non-hydrogen) atoms. The van der Waals surface area contributed by atoms with Gasteiger partial charge in [0.05, 0.1) is 0 Å². The van der Waals surface area contributed by atoms with Crippen LogP contribution in [0.25, 0.3) is 0 Å². The fraction of sp³-hybridized carbons (Fsp3) is 0.769. The highest BCUT2D eigenvalue weighted by Crippen LogP contribution is 2.07. The molecule has 0 aromatic rings. The van der Waals surface area contributed by atoms with Gasteiger partial charge in [-0.05, 0) is 12.8 Å². The van der Waals surface area contributed by atoms with E-state index < -0.39 is 18.0 Å². The van der Waals surface area contributed by atoms with Gasteiger partial charge < -0.3 is 19.8 Å². The van der Waals surface area contributed by atoms with Crippen LogP contribution in [0.4, 0.5) is 4.79 Å². The molecule has 7 heteroatoms. The summed E-state index contributed by atoms with van der Waals surface area (Å²) >= 11 is 0. The quantitative estimate of drug-likeness (QED) is 0.747. The van der Waals surface area contributed by atoms with E-state index in [2.05, 4.69) is 0 Å². The van der Waals surface area contributed by atoms with Crippen molar-refractivity contribution in [1.82, 2.24) is 14.7 Å². The van der Waals surface area contributed by atoms with Gasteiger partial charge in [-0.1, -0.05) is 13.8 Å². The number of carbonyl (C=O) groups excluding carboxylic acids is 2. The number of carbonyl (C=O) groups is 3. The lowest BCUT2D eigenvalue weighted by molar-refractivity contribution is -0.142. The van der Waals surface area contributed by atoms with Gasteiger partial charge >= 0.3 is 12.0 Å². The SMILES string of the molecule is CCCN(CC(=O)N(C)C)C(=O)N(C)C(CC)C(=O)O. The first-order valence-electron chi connectivity index (χ1n) is 6.70. The van der Waals surface area contributed by atoms with E-state index in [9.17, 15) is 14.4 Å². The number of carboxylic acids is 1. The summed E-state index contributed by atoms with van der Waals surface area (Å²) in [6, 6.07) is -1.31. The molecule has 0 fully saturated rings. The molecule has 0 aromatic carbocycles. The second-order valence-electron chi connectivity index (χ2n) is 4.87. The number of urea groups is 1. The molecule has 0 aliphatic carbocycles. The van der Waals surface area contributed by atoms with Gasteiger partial charge in [-0.25, -0.2) is 9.59 Å². The maximum atomic E-state index is 12.3. The Labute approximate surface area is 120 Å². The van der Waals surface area contributed by atoms with E-state index in [4.69, 9.17) is 5.11 Å². The Balaban J connectivity index is 4.95. The normalized spacial score (nSPS) is 11.7. The summed E-state index contributed by atoms with van der Waals surface area (Å²) in [6.45, 7) is 3.98. The molecule has 0 bridgehead atoms. The van der Waals surface area contributed by atoms with Crippen LogP contribution < -0.4 is 0 Å². The zero-order valence-corrected chi connectivity index (χ0v) is 12.9. The lowest BCUT2D eigenvalue weighted by atomic mass is 10.2. The topological polar surface area (TPSA) is 81.2 Å². The van der Waals surface area contributed by atoms with Crippen molar-refractivity contribution >= 4 is 17.9 Å². The third-order valence-corrected chi connectivity index (χ3v) is 3.03. The van der Waals surface area contributed by atoms with Crippen LogP contribution in [0.3, 0.4) is 0 Å². The number of aliphatic carboxylic acids is 1. The van der Waals surface area contributed by atoms with Crippen molar-refractivity contribution in [2.45, 2.75) is 32.7 Å². The molecule has 0 aliphatic rings. The molecule has 3 amide bonds. The van der Waals surface area contributed by atoms with Gasteiger partial charge in [0, 0.05) is 27.7 Å². The Morgan fingerprint density at radius 3 is 2.00 bits per heavy atom. The van der Waals surface area contributed by atoms with Crippen LogP contribution in [-0.4, -0.2) is 78.0 Å². The second kappa shape index (κ2) is 8.39. The van der Waals surface area contributed by atoms with Crippen molar-refractivity contribution in [2.75, 3.05) is 34.2 Å². The van der Waals surface area contributed by atoms with Crippen molar-refractivity contribution in [3.8, 4) is 0 Å². The number of amides is 3. The zero-order chi connectivity index (χ0) is 15.9. The molecule has 1 unspecified atom stereocenters. The lowest BCUT2D eigenvalue weighted by Gasteiger charge is -2.31. The van der Waals surface area contributed by atoms with Crippen molar-refractivity contribution in [3.05, 3.63) is 0 Å². The highest BCUT2D eigenvalue weighted by Gasteiger charge is 2.29. The minimum absolute atomic E-state index is 0.0416. The number of hydrogen-bond acceptors (Lipinski definition) is 3. The van der Waals surface area contributed by atoms with Crippen molar-refractivity contribution in [1.29, 1.82) is 0 Å². The monoisotopic (exact) mass is 287 g/mol. The zero-order valence-electron chi connectivity index (χ0n) is 12.9. The molecular formula is C13H25N3O4. The predicted octanol–water partition coefficient (Wildman–Crippen LogP) is 0.702. The van der Waals surface area contributed by atoms with Gasteiger partial charge in [0.25, 0.3) is 0 Å². The highest BCUT2D eigenvalue weighted by molar-refractivity contribution is 5.86. The van der Waals surface area contributed by atoms with Gasteiger partial charge in [0.1, 0.15) is 12.6 Å². The number of carboxylic acid groups (broad SMARTS) is 1. The lowest BCUT2D eigenvalue weighted by Crippen LogP contribution is -2.51. The largest absolute Gasteiger partial charge is 0.480 e. The average Bonchev–Trinajstić information content (AvgIpc) is 2.37. The predicted molar refractivity (Wildman–Crippen MR) is 75.4 cm³/mol. The first-order valence-corrected chi connectivity index (χ1v) is 6.70. The number of nitrogens with zero attached hydrogens (tertiary/aromatic N) is 3. The van der Waals surface area contributed by atoms with E-state index in [1.165, 1.54) is 21.7 Å². The van der Waals surface area contributed by atoms with Crippen LogP contribution >= 0.6 is 0 Å². The Morgan fingerprint density at radius 1 is 1.10 bits per heavy atom. The standard InChI is InChI=1S/C13H25N3O4/c1-6-8-16(9-11(17)14(3)4)13(20)15(5)10(7-2)12(18)19/h10H,6-9H2,1-5H3,(H,18,19). The average molecular weight is 287 g/mol. The Kier molecular flexibility index (Phi) is 7.64. The van der Waals surface area contributed by atoms with E-state index in [1.807, 2.05) is 6.92 Å². The molecular weight excluding hydrogens is 262 g/mol. The van der Waals surface area contributed by atoms with Crippen LogP contribution in [0.2, 0.25) is 0 Å². The Morgan fingerprint density at radius 2 is 1.65 bits per heavy atom. The van der Waals surface area contributed by atoms with E-state index in [-0.39, 0.29) is 12.5 Å². The Bertz CT molecular complexity index is 358. The summed E-state index contributed by atoms with van der Waals surface area (Å²) in [5, 5.41) is 9.09. The first-order chi connectivity index (χ1) is 9.26. The molecule has 0 aromatic heterocycles. The van der Waals surface area contributed by atoms with Gasteiger partial charge in [0.15, 0.2) is 0 Å². The van der Waals surface area contributed by atoms with E-state index in [1.54, 1.807) is 21.0 Å². The molecule has 7 nitrogen and oxygen atoms in total. The number of rotatable bonds is 7. The molecule has 0 spiro atoms. The van der Waals surface area contributed by atoms with Gasteiger partial charge in [-0.15, -0.1) is 0 Å². The van der Waals surface area contributed by atoms with Gasteiger partial charge in [-0.3, -0.25) is 4.79 Å². The van der Waals surface area contributed by atoms with Crippen LogP contribution in [-0.2, 0) is 9.59 Å². The van der Waals surface area contributed by atoms with Crippen molar-refractivity contribution in [2.24, 2.45) is 0 Å². The smallest absolute Gasteiger partial charge is 0.326 e. The molecule has 116 valence electrons. The molecule has 1 N–H and O–H groups in total. The van der Waals surface area contributed by atoms with E-state index in [0.717, 1.165) is 0 Å². The molecule has 0 heterocycles. The van der Waals surface area contributed by atoms with Crippen LogP contribution in [0.1, 0.15) is 26.7 Å². The summed E-state index contributed by atoms with van der Waals surface area (Å²) in [4.78, 5) is 39.1. The van der Waals surface area contributed by atoms with Crippen molar-refractivity contribution in [3.63, 3.8) is 0 Å². The van der Waals surface area contributed by atoms with Crippen LogP contribution in [0.15, 0.2) is 0 Å². The highest BCUT2D eigenvalue weighted by atomic mass is 16.4. The maximum absolute atomic E-state index is 12.3. The first kappa shape index (κ1) is 18.2. The Hall–Kier alpha value is -1.79. The van der Waals surface area contributed by atoms with E-state index in [0.29, 0.717) is 19.4 Å². The minimum Gasteiger partial charge on any atom is -0.480 e. The van der Waals surface area contributed by atoms with Gasteiger partial charge in [0.2, 0.25) is 5.91 Å². The fourth-order valence-electron chi connectivity index (χ4n) is 1.79. The molecule has 0 saturated heterocycles. The summed E-state index contributed by atoms with van der Waals surface area (Å²) < 4.78 is 0. The third-order valence-electron chi connectivity index (χ3n) is 3.03. The van der Waals surface area contributed by atoms with Crippen LogP contribution in [0.5, 0.6) is 0 Å². The summed E-state index contributed by atoms with van der Waals surface area (Å²) in [5.41, 5.74) is 0. The summed E-state index contributed by atoms with van der Waals surface area (Å²) in [7, 11) is 4.69. The maximum Gasteiger partial charge on any atom is 0.326 e. The molecule has 1 atom stereocenters. The number of likely N-dealkylation sites (N-methyl/N-ethyl adjacent to an activating group) is 2. The molecule has 0 saturated carbocycles. The second-order valence-corrected chi connectivity index (χ2v) is 4.87. The summed E-state index contributed by atoms with van der Waals surface area (Å²) in [6.07, 6.45) is 1.02. The minimum atomic E-state index is -1.04. The molecule has 0 rings (SSSR count). The third kappa shape index (κ3) is 5.07. The van der Waals surface area contributed by atoms with Gasteiger partial charge in [-0.2, -0.15) is 0 Å². The van der Waals surface area contributed by atoms with E-state index >= 15 is 0 Å². The van der Waals surface area contributed by atoms with Crippen LogP contribution in [0, 0.1) is 0 Å². The summed E-state index contributed by atoms with van der Waals surface area (Å²) in [5.74, 6) is -1.23. The number of hydrogen-bond donors (Lipinski definition) is 1. The fourth-order valence-corrected chi connectivity index (χ4v) is 1.79. The molecule has 0 radical (unpaired) electrons.